The fraction of sp³-hybridized carbons (Fsp3) is 0.400. The van der Waals surface area contributed by atoms with Gasteiger partial charge in [0.25, 0.3) is 0 Å². The molecule has 7 heteroatoms. The number of amides is 2. The van der Waals surface area contributed by atoms with E-state index in [1.54, 1.807) is 13.3 Å². The number of nitrogens with one attached hydrogen (secondary N) is 3. The largest absolute Gasteiger partial charge is 0.469 e. The number of furan rings is 1. The quantitative estimate of drug-likeness (QED) is 0.540. The van der Waals surface area contributed by atoms with E-state index in [4.69, 9.17) is 4.42 Å². The van der Waals surface area contributed by atoms with Crippen LogP contribution >= 0.6 is 0 Å². The summed E-state index contributed by atoms with van der Waals surface area (Å²) in [4.78, 5) is 18.3. The minimum Gasteiger partial charge on any atom is -0.469 e. The summed E-state index contributed by atoms with van der Waals surface area (Å²) in [6.07, 6.45) is 4.65. The molecule has 2 aromatic rings. The van der Waals surface area contributed by atoms with Crippen molar-refractivity contribution >= 4 is 17.7 Å². The van der Waals surface area contributed by atoms with E-state index in [2.05, 4.69) is 20.9 Å². The molecule has 1 aromatic carbocycles. The molecule has 0 spiro atoms. The van der Waals surface area contributed by atoms with Gasteiger partial charge in [0, 0.05) is 45.3 Å². The second-order valence-corrected chi connectivity index (χ2v) is 6.51. The van der Waals surface area contributed by atoms with Gasteiger partial charge in [0.05, 0.1) is 6.26 Å². The molecule has 0 unspecified atom stereocenters. The highest BCUT2D eigenvalue weighted by Crippen LogP contribution is 2.14. The molecule has 2 amide bonds. The van der Waals surface area contributed by atoms with E-state index in [1.165, 1.54) is 0 Å². The van der Waals surface area contributed by atoms with Gasteiger partial charge in [-0.2, -0.15) is 0 Å². The van der Waals surface area contributed by atoms with E-state index < -0.39 is 0 Å². The first-order valence-corrected chi connectivity index (χ1v) is 9.36. The van der Waals surface area contributed by atoms with Crippen LogP contribution in [0.2, 0.25) is 0 Å². The Morgan fingerprint density at radius 1 is 1.19 bits per heavy atom. The Hall–Kier alpha value is -2.96. The molecule has 0 saturated carbocycles. The average molecular weight is 369 g/mol. The third-order valence-electron chi connectivity index (χ3n) is 4.50. The van der Waals surface area contributed by atoms with Crippen LogP contribution in [0.25, 0.3) is 0 Å². The lowest BCUT2D eigenvalue weighted by Gasteiger charge is -2.17. The SMILES string of the molecule is CN=C(NCCc1ccco1)NCc1cccc(NC(=O)N2CCCC2)c1. The molecule has 3 N–H and O–H groups in total. The summed E-state index contributed by atoms with van der Waals surface area (Å²) in [6, 6.07) is 11.7. The minimum atomic E-state index is -0.0204. The summed E-state index contributed by atoms with van der Waals surface area (Å²) in [6.45, 7) is 3.03. The zero-order valence-electron chi connectivity index (χ0n) is 15.7. The van der Waals surface area contributed by atoms with Crippen molar-refractivity contribution in [3.8, 4) is 0 Å². The molecule has 0 aliphatic carbocycles. The van der Waals surface area contributed by atoms with E-state index in [9.17, 15) is 4.79 Å². The monoisotopic (exact) mass is 369 g/mol. The summed E-state index contributed by atoms with van der Waals surface area (Å²) in [7, 11) is 1.74. The lowest BCUT2D eigenvalue weighted by atomic mass is 10.2. The standard InChI is InChI=1S/C20H27N5O2/c1-21-19(22-10-9-18-8-5-13-27-18)23-15-16-6-4-7-17(14-16)24-20(26)25-11-2-3-12-25/h4-8,13-14H,2-3,9-12,15H2,1H3,(H,24,26)(H2,21,22,23). The Labute approximate surface area is 159 Å². The molecule has 1 aliphatic heterocycles. The number of carbonyl (C=O) groups excluding carboxylic acids is 1. The van der Waals surface area contributed by atoms with Crippen molar-refractivity contribution in [2.75, 3.05) is 32.0 Å². The Kier molecular flexibility index (Phi) is 6.73. The summed E-state index contributed by atoms with van der Waals surface area (Å²) in [5.74, 6) is 1.67. The molecular formula is C20H27N5O2. The Balaban J connectivity index is 1.45. The maximum absolute atomic E-state index is 12.2. The van der Waals surface area contributed by atoms with Crippen molar-refractivity contribution in [2.45, 2.75) is 25.8 Å². The maximum atomic E-state index is 12.2. The maximum Gasteiger partial charge on any atom is 0.321 e. The molecule has 0 radical (unpaired) electrons. The number of nitrogens with zero attached hydrogens (tertiary/aromatic N) is 2. The van der Waals surface area contributed by atoms with Crippen molar-refractivity contribution < 1.29 is 9.21 Å². The van der Waals surface area contributed by atoms with Gasteiger partial charge in [-0.1, -0.05) is 12.1 Å². The zero-order chi connectivity index (χ0) is 18.9. The molecule has 7 nitrogen and oxygen atoms in total. The number of benzene rings is 1. The summed E-state index contributed by atoms with van der Waals surface area (Å²) >= 11 is 0. The number of carbonyl (C=O) groups is 1. The number of rotatable bonds is 6. The highest BCUT2D eigenvalue weighted by molar-refractivity contribution is 5.89. The lowest BCUT2D eigenvalue weighted by Crippen LogP contribution is -2.37. The molecule has 1 aromatic heterocycles. The number of hydrogen-bond acceptors (Lipinski definition) is 3. The van der Waals surface area contributed by atoms with Crippen molar-refractivity contribution in [1.82, 2.24) is 15.5 Å². The number of anilines is 1. The van der Waals surface area contributed by atoms with Gasteiger partial charge in [0.2, 0.25) is 0 Å². The van der Waals surface area contributed by atoms with Crippen LogP contribution in [0.3, 0.4) is 0 Å². The highest BCUT2D eigenvalue weighted by Gasteiger charge is 2.17. The van der Waals surface area contributed by atoms with Gasteiger partial charge >= 0.3 is 6.03 Å². The second kappa shape index (κ2) is 9.66. The average Bonchev–Trinajstić information content (AvgIpc) is 3.38. The van der Waals surface area contributed by atoms with Gasteiger partial charge < -0.3 is 25.3 Å². The molecule has 0 atom stereocenters. The number of hydrogen-bond donors (Lipinski definition) is 3. The topological polar surface area (TPSA) is 81.9 Å². The first-order valence-electron chi connectivity index (χ1n) is 9.36. The van der Waals surface area contributed by atoms with Crippen molar-refractivity contribution in [3.63, 3.8) is 0 Å². The van der Waals surface area contributed by atoms with Crippen molar-refractivity contribution in [1.29, 1.82) is 0 Å². The van der Waals surface area contributed by atoms with Gasteiger partial charge in [0.15, 0.2) is 5.96 Å². The first-order chi connectivity index (χ1) is 13.2. The van der Waals surface area contributed by atoms with Gasteiger partial charge in [-0.3, -0.25) is 4.99 Å². The molecule has 0 bridgehead atoms. The molecule has 1 fully saturated rings. The zero-order valence-corrected chi connectivity index (χ0v) is 15.7. The van der Waals surface area contributed by atoms with Crippen LogP contribution in [-0.2, 0) is 13.0 Å². The van der Waals surface area contributed by atoms with Gasteiger partial charge in [-0.05, 0) is 42.7 Å². The molecule has 144 valence electrons. The highest BCUT2D eigenvalue weighted by atomic mass is 16.3. The number of urea groups is 1. The molecule has 3 rings (SSSR count). The van der Waals surface area contributed by atoms with E-state index in [1.807, 2.05) is 41.3 Å². The van der Waals surface area contributed by atoms with Gasteiger partial charge in [-0.25, -0.2) is 4.79 Å². The lowest BCUT2D eigenvalue weighted by molar-refractivity contribution is 0.222. The fourth-order valence-corrected chi connectivity index (χ4v) is 3.05. The number of likely N-dealkylation sites (tertiary alicyclic amines) is 1. The number of aliphatic imine (C=N–C) groups is 1. The van der Waals surface area contributed by atoms with Crippen LogP contribution in [-0.4, -0.2) is 43.6 Å². The predicted molar refractivity (Wildman–Crippen MR) is 107 cm³/mol. The predicted octanol–water partition coefficient (Wildman–Crippen LogP) is 2.82. The Morgan fingerprint density at radius 2 is 2.04 bits per heavy atom. The minimum absolute atomic E-state index is 0.0204. The third-order valence-corrected chi connectivity index (χ3v) is 4.50. The van der Waals surface area contributed by atoms with E-state index >= 15 is 0 Å². The molecule has 2 heterocycles. The molecule has 1 saturated heterocycles. The van der Waals surface area contributed by atoms with E-state index in [-0.39, 0.29) is 6.03 Å². The smallest absolute Gasteiger partial charge is 0.321 e. The van der Waals surface area contributed by atoms with Crippen LogP contribution in [0.1, 0.15) is 24.2 Å². The second-order valence-electron chi connectivity index (χ2n) is 6.51. The molecular weight excluding hydrogens is 342 g/mol. The number of guanidine groups is 1. The van der Waals surface area contributed by atoms with Crippen LogP contribution < -0.4 is 16.0 Å². The van der Waals surface area contributed by atoms with Crippen molar-refractivity contribution in [2.24, 2.45) is 4.99 Å². The normalized spacial score (nSPS) is 14.3. The van der Waals surface area contributed by atoms with Gasteiger partial charge in [0.1, 0.15) is 5.76 Å². The summed E-state index contributed by atoms with van der Waals surface area (Å²) in [5.41, 5.74) is 1.88. The van der Waals surface area contributed by atoms with Crippen molar-refractivity contribution in [3.05, 3.63) is 54.0 Å². The van der Waals surface area contributed by atoms with E-state index in [0.29, 0.717) is 6.54 Å². The Bertz CT molecular complexity index is 751. The van der Waals surface area contributed by atoms with Crippen LogP contribution in [0.5, 0.6) is 0 Å². The van der Waals surface area contributed by atoms with E-state index in [0.717, 1.165) is 61.9 Å². The Morgan fingerprint density at radius 3 is 2.78 bits per heavy atom. The van der Waals surface area contributed by atoms with Crippen LogP contribution in [0.15, 0.2) is 52.1 Å². The first kappa shape index (κ1) is 18.8. The molecule has 1 aliphatic rings. The van der Waals surface area contributed by atoms with Crippen LogP contribution in [0.4, 0.5) is 10.5 Å². The summed E-state index contributed by atoms with van der Waals surface area (Å²) in [5, 5.41) is 9.53. The fourth-order valence-electron chi connectivity index (χ4n) is 3.05. The van der Waals surface area contributed by atoms with Crippen LogP contribution in [0, 0.1) is 0 Å². The summed E-state index contributed by atoms with van der Waals surface area (Å²) < 4.78 is 5.32. The third kappa shape index (κ3) is 5.77. The molecule has 27 heavy (non-hydrogen) atoms. The van der Waals surface area contributed by atoms with Gasteiger partial charge in [-0.15, -0.1) is 0 Å².